The molecule has 0 bridgehead atoms. The molecule has 180 valence electrons. The predicted molar refractivity (Wildman–Crippen MR) is 129 cm³/mol. The predicted octanol–water partition coefficient (Wildman–Crippen LogP) is 3.50. The Morgan fingerprint density at radius 3 is 2.74 bits per heavy atom. The summed E-state index contributed by atoms with van der Waals surface area (Å²) in [4.78, 5) is 14.9. The van der Waals surface area contributed by atoms with Gasteiger partial charge in [-0.25, -0.2) is 9.18 Å². The minimum Gasteiger partial charge on any atom is -0.486 e. The molecule has 3 aromatic rings. The largest absolute Gasteiger partial charge is 0.486 e. The van der Waals surface area contributed by atoms with E-state index in [4.69, 9.17) is 9.84 Å². The Morgan fingerprint density at radius 1 is 1.12 bits per heavy atom. The molecule has 0 aliphatic carbocycles. The number of para-hydroxylation sites is 2. The number of fused-ring (bicyclic) bond motifs is 1. The summed E-state index contributed by atoms with van der Waals surface area (Å²) in [6, 6.07) is 17.5. The molecule has 1 heterocycles. The van der Waals surface area contributed by atoms with Crippen molar-refractivity contribution in [3.8, 4) is 5.75 Å². The van der Waals surface area contributed by atoms with E-state index in [1.165, 1.54) is 12.1 Å². The third-order valence-electron chi connectivity index (χ3n) is 5.96. The van der Waals surface area contributed by atoms with E-state index in [1.807, 2.05) is 12.1 Å². The van der Waals surface area contributed by atoms with E-state index >= 15 is 0 Å². The highest BCUT2D eigenvalue weighted by atomic mass is 19.1. The maximum atomic E-state index is 13.4. The Morgan fingerprint density at radius 2 is 1.91 bits per heavy atom. The molecule has 0 radical (unpaired) electrons. The third-order valence-corrected chi connectivity index (χ3v) is 5.96. The van der Waals surface area contributed by atoms with Gasteiger partial charge in [-0.2, -0.15) is 0 Å². The molecular weight excluding hydrogens is 437 g/mol. The number of anilines is 1. The molecule has 4 N–H and O–H groups in total. The minimum atomic E-state index is -0.548. The summed E-state index contributed by atoms with van der Waals surface area (Å²) in [7, 11) is 0. The Balaban J connectivity index is 1.30. The van der Waals surface area contributed by atoms with Gasteiger partial charge in [-0.1, -0.05) is 30.3 Å². The van der Waals surface area contributed by atoms with Crippen LogP contribution in [-0.2, 0) is 6.54 Å². The van der Waals surface area contributed by atoms with Gasteiger partial charge < -0.3 is 25.6 Å². The van der Waals surface area contributed by atoms with Gasteiger partial charge in [-0.05, 0) is 53.1 Å². The van der Waals surface area contributed by atoms with Crippen molar-refractivity contribution in [2.24, 2.45) is 0 Å². The van der Waals surface area contributed by atoms with Crippen LogP contribution in [0.5, 0.6) is 5.75 Å². The third kappa shape index (κ3) is 6.22. The average Bonchev–Trinajstić information content (AvgIpc) is 3.26. The molecule has 4 rings (SSSR count). The van der Waals surface area contributed by atoms with Gasteiger partial charge in [0.05, 0.1) is 12.3 Å². The van der Waals surface area contributed by atoms with Crippen LogP contribution in [-0.4, -0.2) is 59.6 Å². The lowest BCUT2D eigenvalue weighted by molar-refractivity contribution is 0.0912. The maximum Gasteiger partial charge on any atom is 0.319 e. The molecule has 2 atom stereocenters. The maximum absolute atomic E-state index is 13.4. The fourth-order valence-corrected chi connectivity index (χ4v) is 4.24. The fourth-order valence-electron chi connectivity index (χ4n) is 4.24. The fraction of sp³-hybridized carbons (Fsp3) is 0.346. The number of hydrogen-bond acceptors (Lipinski definition) is 5. The first-order valence-electron chi connectivity index (χ1n) is 11.5. The summed E-state index contributed by atoms with van der Waals surface area (Å²) in [6.07, 6.45) is 0.588. The Labute approximate surface area is 198 Å². The number of aliphatic hydroxyl groups is 2. The van der Waals surface area contributed by atoms with Crippen LogP contribution >= 0.6 is 0 Å². The lowest BCUT2D eigenvalue weighted by atomic mass is 10.1. The van der Waals surface area contributed by atoms with Gasteiger partial charge in [-0.15, -0.1) is 0 Å². The zero-order chi connectivity index (χ0) is 23.9. The van der Waals surface area contributed by atoms with E-state index in [-0.39, 0.29) is 31.1 Å². The van der Waals surface area contributed by atoms with Crippen molar-refractivity contribution in [1.29, 1.82) is 0 Å². The Kier molecular flexibility index (Phi) is 7.95. The van der Waals surface area contributed by atoms with Crippen molar-refractivity contribution in [3.05, 3.63) is 72.0 Å². The number of hydrogen-bond donors (Lipinski definition) is 4. The van der Waals surface area contributed by atoms with Gasteiger partial charge in [0, 0.05) is 38.7 Å². The monoisotopic (exact) mass is 467 g/mol. The summed E-state index contributed by atoms with van der Waals surface area (Å²) in [5, 5.41) is 26.3. The van der Waals surface area contributed by atoms with Crippen molar-refractivity contribution in [3.63, 3.8) is 0 Å². The van der Waals surface area contributed by atoms with Crippen molar-refractivity contribution >= 4 is 22.5 Å². The first-order chi connectivity index (χ1) is 16.5. The number of nitrogens with zero attached hydrogens (tertiary/aromatic N) is 1. The number of amides is 2. The van der Waals surface area contributed by atoms with E-state index in [9.17, 15) is 14.3 Å². The first kappa shape index (κ1) is 23.9. The van der Waals surface area contributed by atoms with Crippen LogP contribution in [0.15, 0.2) is 60.7 Å². The topological polar surface area (TPSA) is 94.1 Å². The zero-order valence-corrected chi connectivity index (χ0v) is 18.9. The van der Waals surface area contributed by atoms with Crippen molar-refractivity contribution in [1.82, 2.24) is 10.2 Å². The van der Waals surface area contributed by atoms with Gasteiger partial charge in [0.1, 0.15) is 17.7 Å². The molecule has 7 nitrogen and oxygen atoms in total. The van der Waals surface area contributed by atoms with E-state index in [1.54, 1.807) is 30.3 Å². The lowest BCUT2D eigenvalue weighted by Crippen LogP contribution is -2.39. The summed E-state index contributed by atoms with van der Waals surface area (Å²) in [6.45, 7) is 2.03. The van der Waals surface area contributed by atoms with E-state index in [0.717, 1.165) is 42.4 Å². The molecule has 0 aromatic heterocycles. The molecule has 34 heavy (non-hydrogen) atoms. The highest BCUT2D eigenvalue weighted by Gasteiger charge is 2.24. The molecule has 0 saturated carbocycles. The minimum absolute atomic E-state index is 0.0159. The van der Waals surface area contributed by atoms with Crippen molar-refractivity contribution in [2.75, 3.05) is 31.6 Å². The second-order valence-electron chi connectivity index (χ2n) is 8.58. The second kappa shape index (κ2) is 11.3. The van der Waals surface area contributed by atoms with Crippen LogP contribution < -0.4 is 15.4 Å². The van der Waals surface area contributed by atoms with Crippen molar-refractivity contribution < 1.29 is 24.1 Å². The number of aliphatic hydroxyl groups excluding tert-OH is 2. The van der Waals surface area contributed by atoms with Crippen molar-refractivity contribution in [2.45, 2.75) is 31.5 Å². The van der Waals surface area contributed by atoms with Gasteiger partial charge in [0.2, 0.25) is 0 Å². The highest BCUT2D eigenvalue weighted by molar-refractivity contribution is 5.91. The second-order valence-corrected chi connectivity index (χ2v) is 8.58. The number of likely N-dealkylation sites (tertiary alicyclic amines) is 1. The number of carbonyl (C=O) groups excluding carboxylic acids is 1. The summed E-state index contributed by atoms with van der Waals surface area (Å²) in [5.74, 6) is 0.203. The molecule has 8 heteroatoms. The smallest absolute Gasteiger partial charge is 0.319 e. The van der Waals surface area contributed by atoms with Gasteiger partial charge in [-0.3, -0.25) is 4.90 Å². The van der Waals surface area contributed by atoms with Crippen LogP contribution in [0.1, 0.15) is 18.4 Å². The number of nitrogens with one attached hydrogen (secondary N) is 2. The molecule has 1 saturated heterocycles. The lowest BCUT2D eigenvalue weighted by Gasteiger charge is -2.20. The number of carbonyl (C=O) groups is 1. The average molecular weight is 468 g/mol. The van der Waals surface area contributed by atoms with Gasteiger partial charge >= 0.3 is 6.03 Å². The zero-order valence-electron chi connectivity index (χ0n) is 18.9. The standard InChI is InChI=1S/C26H30FN3O4/c27-21-8-7-19-13-18(5-6-20(19)14-21)15-30-11-9-22(16-30)28-26(33)29-24-3-1-2-4-25(24)34-23(17-32)10-12-31/h1-8,13-14,22-23,31-32H,9-12,15-17H2,(H2,28,29,33)/t22-,23?/m1/s1. The summed E-state index contributed by atoms with van der Waals surface area (Å²) in [5.41, 5.74) is 1.65. The molecule has 1 fully saturated rings. The summed E-state index contributed by atoms with van der Waals surface area (Å²) < 4.78 is 19.1. The number of rotatable bonds is 9. The van der Waals surface area contributed by atoms with Crippen LogP contribution in [0.25, 0.3) is 10.8 Å². The number of ether oxygens (including phenoxy) is 1. The number of halogens is 1. The van der Waals surface area contributed by atoms with Crippen LogP contribution in [0.3, 0.4) is 0 Å². The molecule has 2 amide bonds. The number of urea groups is 1. The van der Waals surface area contributed by atoms with Crippen LogP contribution in [0.4, 0.5) is 14.9 Å². The molecule has 0 spiro atoms. The Hall–Kier alpha value is -3.20. The first-order valence-corrected chi connectivity index (χ1v) is 11.5. The van der Waals surface area contributed by atoms with E-state index in [0.29, 0.717) is 17.9 Å². The van der Waals surface area contributed by atoms with Crippen LogP contribution in [0, 0.1) is 5.82 Å². The highest BCUT2D eigenvalue weighted by Crippen LogP contribution is 2.26. The molecule has 1 unspecified atom stereocenters. The molecule has 3 aromatic carbocycles. The van der Waals surface area contributed by atoms with Crippen LogP contribution in [0.2, 0.25) is 0 Å². The Bertz CT molecular complexity index is 1130. The molecule has 1 aliphatic heterocycles. The quantitative estimate of drug-likeness (QED) is 0.387. The van der Waals surface area contributed by atoms with Gasteiger partial charge in [0.25, 0.3) is 0 Å². The van der Waals surface area contributed by atoms with Gasteiger partial charge in [0.15, 0.2) is 0 Å². The normalized spacial score (nSPS) is 17.0. The molecule has 1 aliphatic rings. The summed E-state index contributed by atoms with van der Waals surface area (Å²) >= 11 is 0. The number of benzene rings is 3. The van der Waals surface area contributed by atoms with E-state index in [2.05, 4.69) is 21.6 Å². The molecular formula is C26H30FN3O4. The SMILES string of the molecule is O=C(Nc1ccccc1OC(CO)CCO)N[C@@H]1CCN(Cc2ccc3cc(F)ccc3c2)C1. The van der Waals surface area contributed by atoms with E-state index < -0.39 is 6.10 Å².